The number of hydrogen-bond donors (Lipinski definition) is 1. The smallest absolute Gasteiger partial charge is 0.269 e. The first-order chi connectivity index (χ1) is 12.5. The van der Waals surface area contributed by atoms with Crippen LogP contribution >= 0.6 is 11.8 Å². The standard InChI is InChI=1S/C18H16N4O3S/c1-12-3-2-4-14(9-12)10-16-17(23)20-18(26-16)21-19-11-13-5-7-15(8-6-13)22(24)25/h2-9,11,16H,10H2,1H3,(H,20,21,23)/b19-11+. The molecule has 0 bridgehead atoms. The molecular weight excluding hydrogens is 352 g/mol. The first kappa shape index (κ1) is 17.8. The summed E-state index contributed by atoms with van der Waals surface area (Å²) in [4.78, 5) is 22.2. The molecule has 26 heavy (non-hydrogen) atoms. The molecule has 132 valence electrons. The molecule has 1 aliphatic heterocycles. The van der Waals surface area contributed by atoms with Crippen LogP contribution < -0.4 is 5.32 Å². The van der Waals surface area contributed by atoms with Crippen molar-refractivity contribution in [2.45, 2.75) is 18.6 Å². The van der Waals surface area contributed by atoms with Crippen molar-refractivity contribution in [3.63, 3.8) is 0 Å². The Morgan fingerprint density at radius 1 is 1.27 bits per heavy atom. The van der Waals surface area contributed by atoms with Gasteiger partial charge in [-0.1, -0.05) is 41.6 Å². The first-order valence-electron chi connectivity index (χ1n) is 7.90. The van der Waals surface area contributed by atoms with Crippen LogP contribution in [0, 0.1) is 17.0 Å². The van der Waals surface area contributed by atoms with E-state index in [1.165, 1.54) is 30.1 Å². The van der Waals surface area contributed by atoms with E-state index in [0.717, 1.165) is 11.1 Å². The maximum atomic E-state index is 12.1. The van der Waals surface area contributed by atoms with Gasteiger partial charge in [-0.3, -0.25) is 14.9 Å². The Hall–Kier alpha value is -3.00. The SMILES string of the molecule is Cc1cccc(CC2S/C(=N\N=C\c3ccc([N+](=O)[O-])cc3)NC2=O)c1. The van der Waals surface area contributed by atoms with Gasteiger partial charge < -0.3 is 5.32 Å². The van der Waals surface area contributed by atoms with Gasteiger partial charge in [0.25, 0.3) is 5.69 Å². The van der Waals surface area contributed by atoms with Crippen molar-refractivity contribution < 1.29 is 9.72 Å². The molecule has 1 N–H and O–H groups in total. The van der Waals surface area contributed by atoms with Crippen LogP contribution in [0.3, 0.4) is 0 Å². The lowest BCUT2D eigenvalue weighted by Crippen LogP contribution is -2.25. The highest BCUT2D eigenvalue weighted by Gasteiger charge is 2.30. The van der Waals surface area contributed by atoms with Crippen molar-refractivity contribution in [2.24, 2.45) is 10.2 Å². The third-order valence-corrected chi connectivity index (χ3v) is 4.81. The third-order valence-electron chi connectivity index (χ3n) is 3.74. The number of nitrogens with one attached hydrogen (secondary N) is 1. The van der Waals surface area contributed by atoms with E-state index in [1.54, 1.807) is 12.1 Å². The van der Waals surface area contributed by atoms with Crippen LogP contribution in [0.2, 0.25) is 0 Å². The monoisotopic (exact) mass is 368 g/mol. The Morgan fingerprint density at radius 2 is 2.04 bits per heavy atom. The van der Waals surface area contributed by atoms with Gasteiger partial charge in [-0.25, -0.2) is 0 Å². The fourth-order valence-electron chi connectivity index (χ4n) is 2.47. The van der Waals surface area contributed by atoms with Crippen LogP contribution in [-0.4, -0.2) is 27.5 Å². The second-order valence-electron chi connectivity index (χ2n) is 5.79. The number of benzene rings is 2. The molecule has 0 aliphatic carbocycles. The Kier molecular flexibility index (Phi) is 5.43. The van der Waals surface area contributed by atoms with Gasteiger partial charge in [0, 0.05) is 12.1 Å². The molecule has 0 saturated carbocycles. The molecule has 1 heterocycles. The molecule has 0 radical (unpaired) electrons. The number of aryl methyl sites for hydroxylation is 1. The average Bonchev–Trinajstić information content (AvgIpc) is 2.95. The molecule has 8 heteroatoms. The van der Waals surface area contributed by atoms with Gasteiger partial charge in [-0.2, -0.15) is 5.10 Å². The van der Waals surface area contributed by atoms with Crippen LogP contribution in [0.1, 0.15) is 16.7 Å². The van der Waals surface area contributed by atoms with E-state index in [2.05, 4.69) is 21.6 Å². The van der Waals surface area contributed by atoms with Crippen LogP contribution in [0.25, 0.3) is 0 Å². The Balaban J connectivity index is 1.61. The molecule has 1 atom stereocenters. The predicted molar refractivity (Wildman–Crippen MR) is 103 cm³/mol. The van der Waals surface area contributed by atoms with Crippen molar-refractivity contribution in [2.75, 3.05) is 0 Å². The number of carbonyl (C=O) groups excluding carboxylic acids is 1. The van der Waals surface area contributed by atoms with E-state index in [4.69, 9.17) is 0 Å². The third kappa shape index (κ3) is 4.54. The van der Waals surface area contributed by atoms with Crippen molar-refractivity contribution in [3.05, 3.63) is 75.3 Å². The maximum Gasteiger partial charge on any atom is 0.269 e. The molecule has 7 nitrogen and oxygen atoms in total. The van der Waals surface area contributed by atoms with Crippen molar-refractivity contribution in [1.82, 2.24) is 5.32 Å². The summed E-state index contributed by atoms with van der Waals surface area (Å²) in [5.74, 6) is -0.0826. The summed E-state index contributed by atoms with van der Waals surface area (Å²) in [7, 11) is 0. The topological polar surface area (TPSA) is 97.0 Å². The fraction of sp³-hybridized carbons (Fsp3) is 0.167. The Morgan fingerprint density at radius 3 is 2.73 bits per heavy atom. The zero-order valence-corrected chi connectivity index (χ0v) is 14.8. The fourth-order valence-corrected chi connectivity index (χ4v) is 3.43. The minimum absolute atomic E-state index is 0.0195. The van der Waals surface area contributed by atoms with Crippen molar-refractivity contribution in [3.8, 4) is 0 Å². The Bertz CT molecular complexity index is 894. The second kappa shape index (κ2) is 7.92. The van der Waals surface area contributed by atoms with E-state index < -0.39 is 4.92 Å². The molecule has 1 amide bonds. The average molecular weight is 368 g/mol. The molecule has 3 rings (SSSR count). The van der Waals surface area contributed by atoms with Crippen LogP contribution in [0.4, 0.5) is 5.69 Å². The molecule has 0 spiro atoms. The molecule has 1 fully saturated rings. The van der Waals surface area contributed by atoms with E-state index in [-0.39, 0.29) is 16.8 Å². The zero-order valence-electron chi connectivity index (χ0n) is 14.0. The van der Waals surface area contributed by atoms with E-state index in [1.807, 2.05) is 25.1 Å². The minimum atomic E-state index is -0.458. The summed E-state index contributed by atoms with van der Waals surface area (Å²) < 4.78 is 0. The number of carbonyl (C=O) groups is 1. The number of rotatable bonds is 5. The van der Waals surface area contributed by atoms with E-state index in [9.17, 15) is 14.9 Å². The van der Waals surface area contributed by atoms with E-state index in [0.29, 0.717) is 17.2 Å². The lowest BCUT2D eigenvalue weighted by Gasteiger charge is -2.05. The van der Waals surface area contributed by atoms with Gasteiger partial charge in [0.1, 0.15) is 0 Å². The molecule has 1 saturated heterocycles. The van der Waals surface area contributed by atoms with E-state index >= 15 is 0 Å². The number of hydrogen-bond acceptors (Lipinski definition) is 6. The lowest BCUT2D eigenvalue weighted by atomic mass is 10.1. The Labute approximate surface area is 154 Å². The maximum absolute atomic E-state index is 12.1. The number of nitro groups is 1. The molecule has 1 unspecified atom stereocenters. The summed E-state index contributed by atoms with van der Waals surface area (Å²) in [5.41, 5.74) is 2.97. The van der Waals surface area contributed by atoms with Crippen LogP contribution in [-0.2, 0) is 11.2 Å². The van der Waals surface area contributed by atoms with Gasteiger partial charge >= 0.3 is 0 Å². The number of thioether (sulfide) groups is 1. The summed E-state index contributed by atoms with van der Waals surface area (Å²) in [6.45, 7) is 2.02. The van der Waals surface area contributed by atoms with Crippen molar-refractivity contribution in [1.29, 1.82) is 0 Å². The summed E-state index contributed by atoms with van der Waals surface area (Å²) in [6, 6.07) is 14.0. The molecule has 2 aromatic carbocycles. The van der Waals surface area contributed by atoms with Crippen LogP contribution in [0.5, 0.6) is 0 Å². The van der Waals surface area contributed by atoms with Gasteiger partial charge in [0.2, 0.25) is 5.91 Å². The highest BCUT2D eigenvalue weighted by molar-refractivity contribution is 8.15. The largest absolute Gasteiger partial charge is 0.303 e. The zero-order chi connectivity index (χ0) is 18.5. The number of non-ortho nitro benzene ring substituents is 1. The normalized spacial score (nSPS) is 18.4. The summed E-state index contributed by atoms with van der Waals surface area (Å²) in [6.07, 6.45) is 2.11. The van der Waals surface area contributed by atoms with Gasteiger partial charge in [-0.15, -0.1) is 5.10 Å². The van der Waals surface area contributed by atoms with Gasteiger partial charge in [0.05, 0.1) is 16.4 Å². The molecule has 2 aromatic rings. The lowest BCUT2D eigenvalue weighted by molar-refractivity contribution is -0.384. The van der Waals surface area contributed by atoms with Crippen molar-refractivity contribution >= 4 is 34.7 Å². The highest BCUT2D eigenvalue weighted by Crippen LogP contribution is 2.23. The number of amidine groups is 1. The predicted octanol–water partition coefficient (Wildman–Crippen LogP) is 3.07. The molecule has 1 aliphatic rings. The van der Waals surface area contributed by atoms with Gasteiger partial charge in [0.15, 0.2) is 5.17 Å². The van der Waals surface area contributed by atoms with Gasteiger partial charge in [-0.05, 0) is 36.6 Å². The minimum Gasteiger partial charge on any atom is -0.303 e. The summed E-state index contributed by atoms with van der Waals surface area (Å²) in [5, 5.41) is 21.5. The number of nitro benzene ring substituents is 1. The highest BCUT2D eigenvalue weighted by atomic mass is 32.2. The molecular formula is C18H16N4O3S. The summed E-state index contributed by atoms with van der Waals surface area (Å²) >= 11 is 1.35. The second-order valence-corrected chi connectivity index (χ2v) is 6.98. The number of amides is 1. The number of nitrogens with zero attached hydrogens (tertiary/aromatic N) is 3. The first-order valence-corrected chi connectivity index (χ1v) is 8.78. The quantitative estimate of drug-likeness (QED) is 0.498. The van der Waals surface area contributed by atoms with Crippen LogP contribution in [0.15, 0.2) is 58.7 Å². The molecule has 0 aromatic heterocycles.